The highest BCUT2D eigenvalue weighted by Crippen LogP contribution is 2.42. The first kappa shape index (κ1) is 19.7. The number of hydrogen-bond acceptors (Lipinski definition) is 5. The monoisotopic (exact) mass is 427 g/mol. The van der Waals surface area contributed by atoms with Crippen molar-refractivity contribution in [2.45, 2.75) is 39.1 Å². The van der Waals surface area contributed by atoms with Gasteiger partial charge in [0.05, 0.1) is 21.9 Å². The summed E-state index contributed by atoms with van der Waals surface area (Å²) >= 11 is 6.23. The number of aromatic amines is 1. The number of nitrogens with zero attached hydrogens (tertiary/aromatic N) is 4. The number of aromatic nitrogens is 4. The number of fused-ring (bicyclic) bond motifs is 3. The van der Waals surface area contributed by atoms with Crippen LogP contribution in [0, 0.1) is 13.8 Å². The molecule has 0 saturated heterocycles. The summed E-state index contributed by atoms with van der Waals surface area (Å²) in [6.45, 7) is 4.35. The zero-order valence-electron chi connectivity index (χ0n) is 15.5. The molecular formula is C18H17ClF3N5O2. The van der Waals surface area contributed by atoms with E-state index in [1.54, 1.807) is 23.3 Å². The Bertz CT molecular complexity index is 1140. The second kappa shape index (κ2) is 6.74. The number of benzene rings is 1. The molecule has 3 aromatic rings. The first-order chi connectivity index (χ1) is 13.6. The lowest BCUT2D eigenvalue weighted by Gasteiger charge is -2.31. The summed E-state index contributed by atoms with van der Waals surface area (Å²) in [7, 11) is 0. The van der Waals surface area contributed by atoms with Crippen LogP contribution in [-0.2, 0) is 6.54 Å². The van der Waals surface area contributed by atoms with Gasteiger partial charge in [-0.3, -0.25) is 0 Å². The van der Waals surface area contributed by atoms with E-state index in [1.165, 1.54) is 12.1 Å². The molecule has 11 heteroatoms. The number of imidazole rings is 1. The molecule has 4 rings (SSSR count). The fourth-order valence-electron chi connectivity index (χ4n) is 3.86. The van der Waals surface area contributed by atoms with Gasteiger partial charge in [-0.15, -0.1) is 0 Å². The first-order valence-electron chi connectivity index (χ1n) is 8.88. The number of hydrogen-bond donors (Lipinski definition) is 2. The van der Waals surface area contributed by atoms with Gasteiger partial charge < -0.3 is 19.6 Å². The maximum atomic E-state index is 13.2. The lowest BCUT2D eigenvalue weighted by Crippen LogP contribution is -2.31. The number of nitrogens with one attached hydrogen (secondary N) is 1. The number of anilines is 2. The molecule has 7 nitrogen and oxygen atoms in total. The summed E-state index contributed by atoms with van der Waals surface area (Å²) < 4.78 is 41.3. The molecular weight excluding hydrogens is 411 g/mol. The molecule has 1 aromatic carbocycles. The number of alkyl halides is 3. The molecule has 29 heavy (non-hydrogen) atoms. The molecule has 1 aliphatic heterocycles. The molecule has 1 atom stereocenters. The standard InChI is InChI=1S/C18H17ClF3N5O2/c1-8-13(9(2)24-16(29)23-8)26-6-3-7-27-14-10(15(28)18(20,21)22)4-5-11(19)12(14)25-17(26)27/h4-5,15,28H,3,6-7H2,1-2H3,(H,23,24,29). The Hall–Kier alpha value is -2.59. The van der Waals surface area contributed by atoms with Gasteiger partial charge in [0.25, 0.3) is 0 Å². The van der Waals surface area contributed by atoms with Crippen LogP contribution in [0.4, 0.5) is 24.8 Å². The Morgan fingerprint density at radius 2 is 1.97 bits per heavy atom. The fraction of sp³-hybridized carbons (Fsp3) is 0.389. The van der Waals surface area contributed by atoms with Crippen molar-refractivity contribution in [2.75, 3.05) is 11.4 Å². The molecule has 0 spiro atoms. The number of rotatable bonds is 2. The van der Waals surface area contributed by atoms with Crippen LogP contribution in [0.2, 0.25) is 5.02 Å². The largest absolute Gasteiger partial charge is 0.418 e. The van der Waals surface area contributed by atoms with Crippen molar-refractivity contribution in [3.63, 3.8) is 0 Å². The summed E-state index contributed by atoms with van der Waals surface area (Å²) in [4.78, 5) is 24.5. The van der Waals surface area contributed by atoms with E-state index >= 15 is 0 Å². The number of aliphatic hydroxyl groups excluding tert-OH is 1. The number of halogens is 4. The normalized spacial score (nSPS) is 15.6. The van der Waals surface area contributed by atoms with Gasteiger partial charge in [-0.2, -0.15) is 18.2 Å². The molecule has 154 valence electrons. The van der Waals surface area contributed by atoms with Crippen LogP contribution in [0.5, 0.6) is 0 Å². The van der Waals surface area contributed by atoms with Crippen molar-refractivity contribution >= 4 is 34.3 Å². The molecule has 0 amide bonds. The van der Waals surface area contributed by atoms with Crippen molar-refractivity contribution in [3.8, 4) is 0 Å². The van der Waals surface area contributed by atoms with E-state index in [0.717, 1.165) is 0 Å². The summed E-state index contributed by atoms with van der Waals surface area (Å²) in [5.41, 5.74) is 1.24. The maximum absolute atomic E-state index is 13.2. The molecule has 2 N–H and O–H groups in total. The summed E-state index contributed by atoms with van der Waals surface area (Å²) in [6.07, 6.45) is -6.86. The van der Waals surface area contributed by atoms with E-state index in [2.05, 4.69) is 15.0 Å². The third kappa shape index (κ3) is 3.16. The van der Waals surface area contributed by atoms with E-state index in [0.29, 0.717) is 42.5 Å². The Balaban J connectivity index is 1.98. The van der Waals surface area contributed by atoms with E-state index in [4.69, 9.17) is 11.6 Å². The van der Waals surface area contributed by atoms with Crippen LogP contribution < -0.4 is 10.6 Å². The molecule has 3 heterocycles. The van der Waals surface area contributed by atoms with Gasteiger partial charge in [-0.25, -0.2) is 9.78 Å². The highest BCUT2D eigenvalue weighted by atomic mass is 35.5. The second-order valence-electron chi connectivity index (χ2n) is 6.95. The minimum atomic E-state index is -4.82. The van der Waals surface area contributed by atoms with Crippen LogP contribution >= 0.6 is 11.6 Å². The van der Waals surface area contributed by atoms with Gasteiger partial charge in [-0.05, 0) is 26.3 Å². The van der Waals surface area contributed by atoms with Crippen molar-refractivity contribution in [3.05, 3.63) is 44.6 Å². The molecule has 1 unspecified atom stereocenters. The fourth-order valence-corrected chi connectivity index (χ4v) is 4.05. The van der Waals surface area contributed by atoms with Crippen molar-refractivity contribution in [1.82, 2.24) is 19.5 Å². The molecule has 0 radical (unpaired) electrons. The van der Waals surface area contributed by atoms with Gasteiger partial charge in [0.1, 0.15) is 5.52 Å². The molecule has 1 aliphatic rings. The first-order valence-corrected chi connectivity index (χ1v) is 9.26. The Labute approximate surface area is 167 Å². The Morgan fingerprint density at radius 3 is 2.62 bits per heavy atom. The predicted octanol–water partition coefficient (Wildman–Crippen LogP) is 3.53. The van der Waals surface area contributed by atoms with Gasteiger partial charge in [-0.1, -0.05) is 17.7 Å². The minimum absolute atomic E-state index is 0.148. The highest BCUT2D eigenvalue weighted by Gasteiger charge is 2.41. The zero-order valence-corrected chi connectivity index (χ0v) is 16.3. The summed E-state index contributed by atoms with van der Waals surface area (Å²) in [5.74, 6) is 0.384. The Morgan fingerprint density at radius 1 is 1.24 bits per heavy atom. The smallest absolute Gasteiger partial charge is 0.379 e. The number of H-pyrrole nitrogens is 1. The third-order valence-electron chi connectivity index (χ3n) is 5.00. The van der Waals surface area contributed by atoms with Crippen LogP contribution in [0.15, 0.2) is 16.9 Å². The summed E-state index contributed by atoms with van der Waals surface area (Å²) in [5, 5.41) is 10.1. The van der Waals surface area contributed by atoms with Crippen molar-refractivity contribution in [1.29, 1.82) is 0 Å². The zero-order chi connectivity index (χ0) is 21.1. The minimum Gasteiger partial charge on any atom is -0.379 e. The predicted molar refractivity (Wildman–Crippen MR) is 102 cm³/mol. The van der Waals surface area contributed by atoms with Gasteiger partial charge in [0, 0.05) is 24.3 Å². The van der Waals surface area contributed by atoms with Crippen LogP contribution in [0.1, 0.15) is 29.5 Å². The average Bonchev–Trinajstić information content (AvgIpc) is 3.01. The van der Waals surface area contributed by atoms with Gasteiger partial charge in [0.2, 0.25) is 5.95 Å². The number of aliphatic hydroxyl groups is 1. The Kier molecular flexibility index (Phi) is 4.58. The molecule has 2 aromatic heterocycles. The van der Waals surface area contributed by atoms with Gasteiger partial charge in [0.15, 0.2) is 6.10 Å². The van der Waals surface area contributed by atoms with E-state index in [1.807, 2.05) is 0 Å². The van der Waals surface area contributed by atoms with E-state index in [9.17, 15) is 23.1 Å². The highest BCUT2D eigenvalue weighted by molar-refractivity contribution is 6.35. The second-order valence-corrected chi connectivity index (χ2v) is 7.35. The molecule has 0 aliphatic carbocycles. The van der Waals surface area contributed by atoms with Crippen LogP contribution in [0.25, 0.3) is 11.0 Å². The number of aryl methyl sites for hydroxylation is 3. The lowest BCUT2D eigenvalue weighted by molar-refractivity contribution is -0.206. The van der Waals surface area contributed by atoms with Crippen molar-refractivity contribution < 1.29 is 18.3 Å². The molecule has 0 bridgehead atoms. The lowest BCUT2D eigenvalue weighted by atomic mass is 10.1. The topological polar surface area (TPSA) is 87.0 Å². The maximum Gasteiger partial charge on any atom is 0.418 e. The summed E-state index contributed by atoms with van der Waals surface area (Å²) in [6, 6.07) is 2.48. The van der Waals surface area contributed by atoms with Crippen LogP contribution in [0.3, 0.4) is 0 Å². The molecule has 0 fully saturated rings. The average molecular weight is 428 g/mol. The van der Waals surface area contributed by atoms with Gasteiger partial charge >= 0.3 is 11.9 Å². The van der Waals surface area contributed by atoms with Crippen LogP contribution in [-0.4, -0.2) is 37.3 Å². The molecule has 0 saturated carbocycles. The third-order valence-corrected chi connectivity index (χ3v) is 5.30. The van der Waals surface area contributed by atoms with E-state index in [-0.39, 0.29) is 21.6 Å². The SMILES string of the molecule is Cc1nc(=O)[nH]c(C)c1N1CCCn2c1nc1c(Cl)ccc(C(O)C(F)(F)F)c12. The van der Waals surface area contributed by atoms with E-state index < -0.39 is 18.0 Å². The quantitative estimate of drug-likeness (QED) is 0.653. The van der Waals surface area contributed by atoms with Crippen molar-refractivity contribution in [2.24, 2.45) is 0 Å².